The molecule has 0 aromatic carbocycles. The Hall–Kier alpha value is 0.258. The van der Waals surface area contributed by atoms with Crippen LogP contribution < -0.4 is 4.35 Å². The summed E-state index contributed by atoms with van der Waals surface area (Å²) >= 11 is 1.10. The predicted octanol–water partition coefficient (Wildman–Crippen LogP) is 1.51. The summed E-state index contributed by atoms with van der Waals surface area (Å²) in [5.41, 5.74) is 4.65. The van der Waals surface area contributed by atoms with Gasteiger partial charge in [0.1, 0.15) is 0 Å². The molecule has 8 heavy (non-hydrogen) atoms. The van der Waals surface area contributed by atoms with Crippen molar-refractivity contribution in [2.24, 2.45) is 0 Å². The maximum absolute atomic E-state index is 3.24. The van der Waals surface area contributed by atoms with Gasteiger partial charge in [-0.1, -0.05) is 0 Å². The van der Waals surface area contributed by atoms with E-state index in [1.54, 1.807) is 11.3 Å². The molecule has 1 radical (unpaired) electrons. The Bertz CT molecular complexity index is 144. The van der Waals surface area contributed by atoms with Crippen LogP contribution >= 0.6 is 11.3 Å². The van der Waals surface area contributed by atoms with Crippen molar-refractivity contribution < 1.29 is 0 Å². The third-order valence-corrected chi connectivity index (χ3v) is 4.45. The number of hydrogen-bond donors (Lipinski definition) is 0. The van der Waals surface area contributed by atoms with Crippen LogP contribution in [0.25, 0.3) is 0 Å². The van der Waals surface area contributed by atoms with E-state index >= 15 is 0 Å². The Kier molecular flexibility index (Phi) is 2.15. The van der Waals surface area contributed by atoms with Crippen LogP contribution in [0.4, 0.5) is 0 Å². The van der Waals surface area contributed by atoms with E-state index < -0.39 is 14.7 Å². The first-order valence-electron chi connectivity index (χ1n) is 2.43. The van der Waals surface area contributed by atoms with Crippen molar-refractivity contribution in [2.45, 2.75) is 11.4 Å². The Balaban J connectivity index is 2.77. The molecule has 1 aromatic rings. The van der Waals surface area contributed by atoms with Gasteiger partial charge in [-0.05, 0) is 0 Å². The van der Waals surface area contributed by atoms with E-state index in [1.807, 2.05) is 0 Å². The van der Waals surface area contributed by atoms with E-state index in [-0.39, 0.29) is 0 Å². The van der Waals surface area contributed by atoms with Crippen molar-refractivity contribution in [1.82, 2.24) is 0 Å². The molecule has 0 aliphatic rings. The van der Waals surface area contributed by atoms with Crippen molar-refractivity contribution in [3.8, 4) is 0 Å². The molecule has 0 bridgehead atoms. The van der Waals surface area contributed by atoms with Gasteiger partial charge in [0.15, 0.2) is 0 Å². The molecule has 0 unspecified atom stereocenters. The summed E-state index contributed by atoms with van der Waals surface area (Å²) in [5.74, 6) is 0. The van der Waals surface area contributed by atoms with E-state index in [4.69, 9.17) is 0 Å². The van der Waals surface area contributed by atoms with E-state index in [0.717, 1.165) is 0 Å². The second-order valence-corrected chi connectivity index (χ2v) is 7.28. The maximum atomic E-state index is 3.24. The molecule has 0 aliphatic heterocycles. The Labute approximate surface area is 58.8 Å². The molecule has 0 fully saturated rings. The fourth-order valence-corrected chi connectivity index (χ4v) is 3.59. The van der Waals surface area contributed by atoms with Gasteiger partial charge in [0.05, 0.1) is 0 Å². The summed E-state index contributed by atoms with van der Waals surface area (Å²) in [6.07, 6.45) is 0. The average Bonchev–Trinajstić information content (AvgIpc) is 2.12. The fourth-order valence-electron chi connectivity index (χ4n) is 0.467. The SMILES string of the molecule is C[As](C)c1[c]scc1. The van der Waals surface area contributed by atoms with Gasteiger partial charge in [-0.2, -0.15) is 0 Å². The Morgan fingerprint density at radius 1 is 1.62 bits per heavy atom. The molecular formula is C6H8AsS. The van der Waals surface area contributed by atoms with E-state index in [0.29, 0.717) is 0 Å². The van der Waals surface area contributed by atoms with Gasteiger partial charge in [-0.25, -0.2) is 0 Å². The average molecular weight is 187 g/mol. The summed E-state index contributed by atoms with van der Waals surface area (Å²) in [4.78, 5) is 0. The van der Waals surface area contributed by atoms with Crippen molar-refractivity contribution >= 4 is 30.3 Å². The fraction of sp³-hybridized carbons (Fsp3) is 0.333. The molecule has 0 aliphatic carbocycles. The van der Waals surface area contributed by atoms with Gasteiger partial charge < -0.3 is 0 Å². The number of thiophene rings is 1. The van der Waals surface area contributed by atoms with Crippen LogP contribution in [-0.2, 0) is 0 Å². The molecule has 1 heterocycles. The zero-order valence-corrected chi connectivity index (χ0v) is 7.70. The van der Waals surface area contributed by atoms with Crippen LogP contribution in [0.15, 0.2) is 11.4 Å². The first-order valence-corrected chi connectivity index (χ1v) is 8.00. The van der Waals surface area contributed by atoms with Gasteiger partial charge >= 0.3 is 58.6 Å². The van der Waals surface area contributed by atoms with E-state index in [9.17, 15) is 0 Å². The molecule has 0 saturated heterocycles. The monoisotopic (exact) mass is 187 g/mol. The molecule has 1 aromatic heterocycles. The predicted molar refractivity (Wildman–Crippen MR) is 40.3 cm³/mol. The number of hydrogen-bond acceptors (Lipinski definition) is 1. The normalized spacial score (nSPS) is 10.4. The van der Waals surface area contributed by atoms with Crippen LogP contribution in [0.5, 0.6) is 0 Å². The second-order valence-electron chi connectivity index (χ2n) is 1.80. The quantitative estimate of drug-likeness (QED) is 0.584. The zero-order valence-electron chi connectivity index (χ0n) is 5.01. The van der Waals surface area contributed by atoms with Crippen molar-refractivity contribution in [3.63, 3.8) is 0 Å². The van der Waals surface area contributed by atoms with Crippen molar-refractivity contribution in [3.05, 3.63) is 16.8 Å². The molecule has 1 rings (SSSR count). The first-order chi connectivity index (χ1) is 3.80. The molecule has 0 atom stereocenters. The minimum atomic E-state index is -0.583. The summed E-state index contributed by atoms with van der Waals surface area (Å²) in [6.45, 7) is 0. The van der Waals surface area contributed by atoms with Crippen LogP contribution in [0.2, 0.25) is 11.4 Å². The summed E-state index contributed by atoms with van der Waals surface area (Å²) in [6, 6.07) is 2.19. The van der Waals surface area contributed by atoms with Gasteiger partial charge in [-0.15, -0.1) is 0 Å². The first kappa shape index (κ1) is 6.38. The minimum absolute atomic E-state index is 0.583. The Morgan fingerprint density at radius 3 is 2.62 bits per heavy atom. The summed E-state index contributed by atoms with van der Waals surface area (Å²) < 4.78 is 1.47. The molecule has 0 N–H and O–H groups in total. The standard InChI is InChI=1S/C6H8AsS/c1-7(2)6-3-4-8-5-6/h3-4H,1-2H3. The van der Waals surface area contributed by atoms with Crippen molar-refractivity contribution in [2.75, 3.05) is 0 Å². The summed E-state index contributed by atoms with van der Waals surface area (Å²) in [5, 5.41) is 5.34. The molecule has 0 amide bonds. The van der Waals surface area contributed by atoms with Gasteiger partial charge in [0.25, 0.3) is 0 Å². The van der Waals surface area contributed by atoms with E-state index in [1.165, 1.54) is 4.35 Å². The topological polar surface area (TPSA) is 0 Å². The van der Waals surface area contributed by atoms with Crippen LogP contribution in [-0.4, -0.2) is 14.7 Å². The van der Waals surface area contributed by atoms with Gasteiger partial charge in [-0.3, -0.25) is 0 Å². The Morgan fingerprint density at radius 2 is 2.38 bits per heavy atom. The third kappa shape index (κ3) is 1.37. The molecule has 2 heteroatoms. The molecule has 43 valence electrons. The van der Waals surface area contributed by atoms with Gasteiger partial charge in [0, 0.05) is 0 Å². The van der Waals surface area contributed by atoms with Crippen LogP contribution in [0, 0.1) is 5.38 Å². The molecule has 0 saturated carbocycles. The van der Waals surface area contributed by atoms with Crippen LogP contribution in [0.1, 0.15) is 0 Å². The summed E-state index contributed by atoms with van der Waals surface area (Å²) in [7, 11) is 0. The second kappa shape index (κ2) is 2.70. The molecule has 0 spiro atoms. The van der Waals surface area contributed by atoms with Crippen molar-refractivity contribution in [1.29, 1.82) is 0 Å². The van der Waals surface area contributed by atoms with Crippen LogP contribution in [0.3, 0.4) is 0 Å². The van der Waals surface area contributed by atoms with Gasteiger partial charge in [0.2, 0.25) is 0 Å². The zero-order chi connectivity index (χ0) is 5.98. The number of rotatable bonds is 1. The van der Waals surface area contributed by atoms with E-state index in [2.05, 4.69) is 28.2 Å². The molecule has 0 nitrogen and oxygen atoms in total. The molecular weight excluding hydrogens is 179 g/mol. The third-order valence-electron chi connectivity index (χ3n) is 0.939.